The summed E-state index contributed by atoms with van der Waals surface area (Å²) in [4.78, 5) is 0. The average molecular weight is 296 g/mol. The number of hydrogen-bond donors (Lipinski definition) is 1. The van der Waals surface area contributed by atoms with Crippen LogP contribution in [0.15, 0.2) is 0 Å². The topological polar surface area (TPSA) is 20.2 Å². The summed E-state index contributed by atoms with van der Waals surface area (Å²) in [6.07, 6.45) is -8.20. The fraction of sp³-hybridized carbons (Fsp3) is 1.00. The number of halogens is 6. The molecule has 3 unspecified atom stereocenters. The largest absolute Gasteiger partial charge is 0.396 e. The Morgan fingerprint density at radius 3 is 1.11 bits per heavy atom. The number of alkyl halides is 6. The van der Waals surface area contributed by atoms with Gasteiger partial charge in [0.15, 0.2) is 0 Å². The summed E-state index contributed by atoms with van der Waals surface area (Å²) in [6, 6.07) is 0. The molecule has 0 radical (unpaired) electrons. The maximum Gasteiger partial charge on any atom is 0.391 e. The fourth-order valence-electron chi connectivity index (χ4n) is 0.859. The first-order valence-electron chi connectivity index (χ1n) is 5.99. The van der Waals surface area contributed by atoms with Gasteiger partial charge in [-0.2, -0.15) is 26.3 Å². The summed E-state index contributed by atoms with van der Waals surface area (Å²) in [6.45, 7) is 6.36. The predicted octanol–water partition coefficient (Wildman–Crippen LogP) is 4.65. The Labute approximate surface area is 110 Å². The van der Waals surface area contributed by atoms with Gasteiger partial charge in [-0.05, 0) is 11.8 Å². The SMILES string of the molecule is CC(C)C(C)C(F)(F)F.CC(CO)C(C)C(F)(F)F. The Bertz CT molecular complexity index is 233. The molecular weight excluding hydrogens is 274 g/mol. The van der Waals surface area contributed by atoms with Crippen LogP contribution in [0.3, 0.4) is 0 Å². The molecule has 0 bridgehead atoms. The van der Waals surface area contributed by atoms with Crippen LogP contribution in [-0.4, -0.2) is 24.1 Å². The van der Waals surface area contributed by atoms with Gasteiger partial charge in [0.25, 0.3) is 0 Å². The van der Waals surface area contributed by atoms with Crippen LogP contribution in [0.25, 0.3) is 0 Å². The van der Waals surface area contributed by atoms with Gasteiger partial charge in [-0.25, -0.2) is 0 Å². The summed E-state index contributed by atoms with van der Waals surface area (Å²) >= 11 is 0. The molecule has 0 saturated heterocycles. The quantitative estimate of drug-likeness (QED) is 0.751. The molecule has 1 nitrogen and oxygen atoms in total. The van der Waals surface area contributed by atoms with Crippen LogP contribution in [0.1, 0.15) is 34.6 Å². The molecule has 7 heteroatoms. The molecule has 0 spiro atoms. The molecule has 0 saturated carbocycles. The summed E-state index contributed by atoms with van der Waals surface area (Å²) in [7, 11) is 0. The van der Waals surface area contributed by atoms with Crippen molar-refractivity contribution in [1.82, 2.24) is 0 Å². The van der Waals surface area contributed by atoms with Crippen LogP contribution in [0.4, 0.5) is 26.3 Å². The van der Waals surface area contributed by atoms with Gasteiger partial charge >= 0.3 is 12.4 Å². The molecule has 0 fully saturated rings. The summed E-state index contributed by atoms with van der Waals surface area (Å²) < 4.78 is 70.4. The van der Waals surface area contributed by atoms with E-state index < -0.39 is 36.7 Å². The molecule has 0 rings (SSSR count). The van der Waals surface area contributed by atoms with Crippen LogP contribution in [0.5, 0.6) is 0 Å². The highest BCUT2D eigenvalue weighted by Crippen LogP contribution is 2.31. The molecule has 118 valence electrons. The Balaban J connectivity index is 0. The second-order valence-electron chi connectivity index (χ2n) is 5.06. The maximum atomic E-state index is 11.8. The van der Waals surface area contributed by atoms with Crippen LogP contribution < -0.4 is 0 Å². The molecule has 0 aliphatic carbocycles. The predicted molar refractivity (Wildman–Crippen MR) is 61.5 cm³/mol. The van der Waals surface area contributed by atoms with E-state index >= 15 is 0 Å². The van der Waals surface area contributed by atoms with Crippen molar-refractivity contribution >= 4 is 0 Å². The van der Waals surface area contributed by atoms with Gasteiger partial charge in [0.05, 0.1) is 11.8 Å². The van der Waals surface area contributed by atoms with E-state index in [9.17, 15) is 26.3 Å². The van der Waals surface area contributed by atoms with Gasteiger partial charge in [-0.1, -0.05) is 34.6 Å². The smallest absolute Gasteiger partial charge is 0.391 e. The molecule has 19 heavy (non-hydrogen) atoms. The fourth-order valence-corrected chi connectivity index (χ4v) is 0.859. The summed E-state index contributed by atoms with van der Waals surface area (Å²) in [5.74, 6) is -3.63. The van der Waals surface area contributed by atoms with E-state index in [-0.39, 0.29) is 5.92 Å². The maximum absolute atomic E-state index is 11.8. The zero-order valence-corrected chi connectivity index (χ0v) is 11.7. The molecule has 0 aliphatic heterocycles. The monoisotopic (exact) mass is 296 g/mol. The first kappa shape index (κ1) is 20.8. The molecule has 0 aromatic rings. The average Bonchev–Trinajstić information content (AvgIpc) is 2.24. The van der Waals surface area contributed by atoms with E-state index in [0.717, 1.165) is 6.92 Å². The minimum atomic E-state index is -4.18. The molecule has 1 N–H and O–H groups in total. The van der Waals surface area contributed by atoms with Crippen molar-refractivity contribution in [1.29, 1.82) is 0 Å². The molecule has 0 aromatic carbocycles. The third-order valence-electron chi connectivity index (χ3n) is 3.17. The first-order valence-corrected chi connectivity index (χ1v) is 5.99. The highest BCUT2D eigenvalue weighted by Gasteiger charge is 2.39. The van der Waals surface area contributed by atoms with Gasteiger partial charge in [0.1, 0.15) is 0 Å². The second-order valence-corrected chi connectivity index (χ2v) is 5.06. The zero-order chi connectivity index (χ0) is 16.0. The van der Waals surface area contributed by atoms with Crippen molar-refractivity contribution in [3.8, 4) is 0 Å². The van der Waals surface area contributed by atoms with Crippen LogP contribution in [0, 0.1) is 23.7 Å². The Kier molecular flexibility index (Phi) is 8.74. The van der Waals surface area contributed by atoms with E-state index in [1.165, 1.54) is 13.8 Å². The van der Waals surface area contributed by atoms with Gasteiger partial charge < -0.3 is 5.11 Å². The zero-order valence-electron chi connectivity index (χ0n) is 11.7. The van der Waals surface area contributed by atoms with E-state index in [4.69, 9.17) is 5.11 Å². The van der Waals surface area contributed by atoms with Crippen molar-refractivity contribution in [3.63, 3.8) is 0 Å². The lowest BCUT2D eigenvalue weighted by Crippen LogP contribution is -2.27. The van der Waals surface area contributed by atoms with E-state index in [1.54, 1.807) is 13.8 Å². The minimum absolute atomic E-state index is 0.315. The van der Waals surface area contributed by atoms with Crippen molar-refractivity contribution < 1.29 is 31.4 Å². The first-order chi connectivity index (χ1) is 8.25. The third kappa shape index (κ3) is 9.13. The standard InChI is InChI=1S/C6H11F3O.C6H11F3/c1-4(3-10)5(2)6(7,8)9;1-4(2)5(3)6(7,8)9/h4-5,10H,3H2,1-2H3;4-5H,1-3H3. The van der Waals surface area contributed by atoms with Gasteiger partial charge in [0.2, 0.25) is 0 Å². The second kappa shape index (κ2) is 7.97. The van der Waals surface area contributed by atoms with Crippen LogP contribution in [-0.2, 0) is 0 Å². The molecule has 3 atom stereocenters. The van der Waals surface area contributed by atoms with Crippen molar-refractivity contribution in [2.24, 2.45) is 23.7 Å². The van der Waals surface area contributed by atoms with E-state index in [2.05, 4.69) is 0 Å². The minimum Gasteiger partial charge on any atom is -0.396 e. The lowest BCUT2D eigenvalue weighted by Gasteiger charge is -2.20. The van der Waals surface area contributed by atoms with E-state index in [0.29, 0.717) is 0 Å². The Morgan fingerprint density at radius 2 is 1.05 bits per heavy atom. The van der Waals surface area contributed by atoms with Crippen LogP contribution in [0.2, 0.25) is 0 Å². The number of aliphatic hydroxyl groups is 1. The van der Waals surface area contributed by atoms with Crippen molar-refractivity contribution in [2.45, 2.75) is 47.0 Å². The van der Waals surface area contributed by atoms with Gasteiger partial charge in [-0.15, -0.1) is 0 Å². The molecule has 0 aliphatic rings. The van der Waals surface area contributed by atoms with Crippen molar-refractivity contribution in [2.75, 3.05) is 6.61 Å². The summed E-state index contributed by atoms with van der Waals surface area (Å²) in [5, 5.41) is 8.37. The highest BCUT2D eigenvalue weighted by molar-refractivity contribution is 4.67. The Hall–Kier alpha value is -0.460. The lowest BCUT2D eigenvalue weighted by atomic mass is 9.97. The highest BCUT2D eigenvalue weighted by atomic mass is 19.4. The number of rotatable bonds is 3. The molecular formula is C12H22F6O. The van der Waals surface area contributed by atoms with Gasteiger partial charge in [0, 0.05) is 6.61 Å². The number of hydrogen-bond acceptors (Lipinski definition) is 1. The summed E-state index contributed by atoms with van der Waals surface area (Å²) in [5.41, 5.74) is 0. The molecule has 0 heterocycles. The normalized spacial score (nSPS) is 17.5. The van der Waals surface area contributed by atoms with Crippen LogP contribution >= 0.6 is 0 Å². The van der Waals surface area contributed by atoms with E-state index in [1.807, 2.05) is 0 Å². The van der Waals surface area contributed by atoms with Gasteiger partial charge in [-0.3, -0.25) is 0 Å². The molecule has 0 aromatic heterocycles. The third-order valence-corrected chi connectivity index (χ3v) is 3.17. The van der Waals surface area contributed by atoms with Crippen molar-refractivity contribution in [3.05, 3.63) is 0 Å². The lowest BCUT2D eigenvalue weighted by molar-refractivity contribution is -0.184. The molecule has 0 amide bonds. The number of aliphatic hydroxyl groups excluding tert-OH is 1. The Morgan fingerprint density at radius 1 is 0.737 bits per heavy atom.